The monoisotopic (exact) mass is 244 g/mol. The fourth-order valence-corrected chi connectivity index (χ4v) is 1.68. The van der Waals surface area contributed by atoms with Crippen LogP contribution in [0.2, 0.25) is 0 Å². The van der Waals surface area contributed by atoms with Crippen molar-refractivity contribution in [2.24, 2.45) is 0 Å². The van der Waals surface area contributed by atoms with Crippen molar-refractivity contribution in [2.45, 2.75) is 0 Å². The first-order chi connectivity index (χ1) is 8.72. The highest BCUT2D eigenvalue weighted by molar-refractivity contribution is 5.69. The van der Waals surface area contributed by atoms with Crippen molar-refractivity contribution in [3.8, 4) is 11.5 Å². The van der Waals surface area contributed by atoms with Crippen LogP contribution in [0, 0.1) is 0 Å². The summed E-state index contributed by atoms with van der Waals surface area (Å²) >= 11 is 0. The van der Waals surface area contributed by atoms with E-state index in [1.54, 1.807) is 14.2 Å². The predicted octanol–water partition coefficient (Wildman–Crippen LogP) is 3.03. The second-order valence-electron chi connectivity index (χ2n) is 3.82. The van der Waals surface area contributed by atoms with E-state index in [1.807, 2.05) is 42.5 Å². The summed E-state index contributed by atoms with van der Waals surface area (Å²) in [4.78, 5) is 0. The maximum absolute atomic E-state index is 5.74. The maximum atomic E-state index is 5.74. The van der Waals surface area contributed by atoms with Crippen molar-refractivity contribution in [2.75, 3.05) is 25.3 Å². The Hall–Kier alpha value is -2.36. The number of methoxy groups -OCH3 is 2. The highest BCUT2D eigenvalue weighted by Gasteiger charge is 2.05. The van der Waals surface area contributed by atoms with Gasteiger partial charge in [0.25, 0.3) is 0 Å². The van der Waals surface area contributed by atoms with E-state index in [0.29, 0.717) is 5.69 Å². The zero-order valence-corrected chi connectivity index (χ0v) is 10.4. The molecule has 2 aromatic rings. The van der Waals surface area contributed by atoms with Crippen molar-refractivity contribution >= 4 is 17.1 Å². The molecule has 0 saturated carbocycles. The first-order valence-corrected chi connectivity index (χ1v) is 5.57. The summed E-state index contributed by atoms with van der Waals surface area (Å²) in [6.07, 6.45) is 0. The molecule has 2 rings (SSSR count). The van der Waals surface area contributed by atoms with E-state index in [0.717, 1.165) is 22.9 Å². The largest absolute Gasteiger partial charge is 0.497 e. The normalized spacial score (nSPS) is 9.89. The SMILES string of the molecule is COc1ccc(OC)c(Nc2cccc(N)c2)c1. The van der Waals surface area contributed by atoms with Gasteiger partial charge in [-0.3, -0.25) is 0 Å². The summed E-state index contributed by atoms with van der Waals surface area (Å²) < 4.78 is 10.5. The molecule has 4 heteroatoms. The van der Waals surface area contributed by atoms with Crippen LogP contribution >= 0.6 is 0 Å². The van der Waals surface area contributed by atoms with Crippen LogP contribution in [0.15, 0.2) is 42.5 Å². The van der Waals surface area contributed by atoms with Crippen LogP contribution < -0.4 is 20.5 Å². The molecule has 0 unspecified atom stereocenters. The first kappa shape index (κ1) is 12.1. The molecule has 2 aromatic carbocycles. The third-order valence-electron chi connectivity index (χ3n) is 2.57. The second-order valence-corrected chi connectivity index (χ2v) is 3.82. The molecule has 4 nitrogen and oxygen atoms in total. The molecule has 0 heterocycles. The molecule has 0 aliphatic rings. The lowest BCUT2D eigenvalue weighted by Gasteiger charge is -2.12. The topological polar surface area (TPSA) is 56.5 Å². The van der Waals surface area contributed by atoms with Gasteiger partial charge < -0.3 is 20.5 Å². The molecular weight excluding hydrogens is 228 g/mol. The minimum Gasteiger partial charge on any atom is -0.497 e. The van der Waals surface area contributed by atoms with Gasteiger partial charge in [-0.25, -0.2) is 0 Å². The minimum absolute atomic E-state index is 0.710. The zero-order chi connectivity index (χ0) is 13.0. The standard InChI is InChI=1S/C14H16N2O2/c1-17-12-6-7-14(18-2)13(9-12)16-11-5-3-4-10(15)8-11/h3-9,16H,15H2,1-2H3. The number of rotatable bonds is 4. The second kappa shape index (κ2) is 5.31. The van der Waals surface area contributed by atoms with Gasteiger partial charge in [0.2, 0.25) is 0 Å². The Balaban J connectivity index is 2.32. The first-order valence-electron chi connectivity index (χ1n) is 5.57. The van der Waals surface area contributed by atoms with Crippen LogP contribution in [0.4, 0.5) is 17.1 Å². The van der Waals surface area contributed by atoms with Crippen LogP contribution in [0.5, 0.6) is 11.5 Å². The summed E-state index contributed by atoms with van der Waals surface area (Å²) in [7, 11) is 3.26. The smallest absolute Gasteiger partial charge is 0.142 e. The van der Waals surface area contributed by atoms with E-state index < -0.39 is 0 Å². The van der Waals surface area contributed by atoms with Gasteiger partial charge in [0.1, 0.15) is 11.5 Å². The molecule has 18 heavy (non-hydrogen) atoms. The average Bonchev–Trinajstić information content (AvgIpc) is 2.38. The van der Waals surface area contributed by atoms with Crippen molar-refractivity contribution in [1.29, 1.82) is 0 Å². The highest BCUT2D eigenvalue weighted by atomic mass is 16.5. The number of anilines is 3. The van der Waals surface area contributed by atoms with E-state index in [4.69, 9.17) is 15.2 Å². The molecule has 3 N–H and O–H groups in total. The van der Waals surface area contributed by atoms with Gasteiger partial charge in [-0.15, -0.1) is 0 Å². The van der Waals surface area contributed by atoms with E-state index in [2.05, 4.69) is 5.32 Å². The molecule has 0 spiro atoms. The highest BCUT2D eigenvalue weighted by Crippen LogP contribution is 2.31. The number of nitrogens with one attached hydrogen (secondary N) is 1. The zero-order valence-electron chi connectivity index (χ0n) is 10.4. The van der Waals surface area contributed by atoms with Crippen molar-refractivity contribution in [1.82, 2.24) is 0 Å². The summed E-state index contributed by atoms with van der Waals surface area (Å²) in [5.74, 6) is 1.51. The third kappa shape index (κ3) is 2.66. The number of nitrogen functional groups attached to an aromatic ring is 1. The fourth-order valence-electron chi connectivity index (χ4n) is 1.68. The number of hydrogen-bond acceptors (Lipinski definition) is 4. The van der Waals surface area contributed by atoms with Gasteiger partial charge in [0.15, 0.2) is 0 Å². The van der Waals surface area contributed by atoms with Gasteiger partial charge in [-0.05, 0) is 30.3 Å². The summed E-state index contributed by atoms with van der Waals surface area (Å²) in [6.45, 7) is 0. The Morgan fingerprint density at radius 3 is 2.50 bits per heavy atom. The molecule has 0 aliphatic heterocycles. The quantitative estimate of drug-likeness (QED) is 0.812. The predicted molar refractivity (Wildman–Crippen MR) is 73.7 cm³/mol. The lowest BCUT2D eigenvalue weighted by Crippen LogP contribution is -1.96. The van der Waals surface area contributed by atoms with Gasteiger partial charge in [0, 0.05) is 17.4 Å². The van der Waals surface area contributed by atoms with Crippen LogP contribution in [-0.4, -0.2) is 14.2 Å². The van der Waals surface area contributed by atoms with Crippen molar-refractivity contribution in [3.05, 3.63) is 42.5 Å². The Morgan fingerprint density at radius 1 is 1.00 bits per heavy atom. The van der Waals surface area contributed by atoms with Crippen molar-refractivity contribution in [3.63, 3.8) is 0 Å². The van der Waals surface area contributed by atoms with Crippen molar-refractivity contribution < 1.29 is 9.47 Å². The number of nitrogens with two attached hydrogens (primary N) is 1. The molecule has 0 saturated heterocycles. The molecule has 0 aliphatic carbocycles. The molecule has 94 valence electrons. The van der Waals surface area contributed by atoms with Crippen LogP contribution in [0.25, 0.3) is 0 Å². The van der Waals surface area contributed by atoms with E-state index in [1.165, 1.54) is 0 Å². The van der Waals surface area contributed by atoms with E-state index in [9.17, 15) is 0 Å². The van der Waals surface area contributed by atoms with Gasteiger partial charge in [0.05, 0.1) is 19.9 Å². The molecule has 0 fully saturated rings. The lowest BCUT2D eigenvalue weighted by molar-refractivity contribution is 0.405. The summed E-state index contributed by atoms with van der Waals surface area (Å²) in [6, 6.07) is 13.1. The van der Waals surface area contributed by atoms with Gasteiger partial charge in [-0.2, -0.15) is 0 Å². The van der Waals surface area contributed by atoms with Crippen LogP contribution in [0.1, 0.15) is 0 Å². The molecule has 0 bridgehead atoms. The van der Waals surface area contributed by atoms with Crippen LogP contribution in [-0.2, 0) is 0 Å². The number of hydrogen-bond donors (Lipinski definition) is 2. The van der Waals surface area contributed by atoms with Gasteiger partial charge >= 0.3 is 0 Å². The maximum Gasteiger partial charge on any atom is 0.142 e. The van der Waals surface area contributed by atoms with Crippen LogP contribution in [0.3, 0.4) is 0 Å². The molecule has 0 aromatic heterocycles. The minimum atomic E-state index is 0.710. The third-order valence-corrected chi connectivity index (χ3v) is 2.57. The number of ether oxygens (including phenoxy) is 2. The molecular formula is C14H16N2O2. The Bertz CT molecular complexity index is 541. The van der Waals surface area contributed by atoms with E-state index in [-0.39, 0.29) is 0 Å². The Kier molecular flexibility index (Phi) is 3.57. The fraction of sp³-hybridized carbons (Fsp3) is 0.143. The lowest BCUT2D eigenvalue weighted by atomic mass is 10.2. The molecule has 0 atom stereocenters. The van der Waals surface area contributed by atoms with E-state index >= 15 is 0 Å². The molecule has 0 radical (unpaired) electrons. The summed E-state index contributed by atoms with van der Waals surface area (Å²) in [5, 5.41) is 3.25. The number of benzene rings is 2. The Morgan fingerprint density at radius 2 is 1.83 bits per heavy atom. The average molecular weight is 244 g/mol. The Labute approximate surface area is 106 Å². The molecule has 0 amide bonds. The van der Waals surface area contributed by atoms with Gasteiger partial charge in [-0.1, -0.05) is 6.07 Å². The summed E-state index contributed by atoms with van der Waals surface area (Å²) in [5.41, 5.74) is 8.19.